The van der Waals surface area contributed by atoms with Crippen molar-refractivity contribution in [2.45, 2.75) is 26.2 Å². The second-order valence-electron chi connectivity index (χ2n) is 4.28. The second kappa shape index (κ2) is 9.30. The number of para-hydroxylation sites is 2. The van der Waals surface area contributed by atoms with Crippen molar-refractivity contribution in [1.82, 2.24) is 0 Å². The quantitative estimate of drug-likeness (QED) is 0.410. The zero-order valence-corrected chi connectivity index (χ0v) is 14.7. The van der Waals surface area contributed by atoms with E-state index in [1.54, 1.807) is 19.2 Å². The number of unbranched alkanes of at least 4 members (excludes halogenated alkanes) is 2. The SMILES string of the molecule is CCCCCSP(N)(=O)OC(=S)Nc1ccccc1OC. The van der Waals surface area contributed by atoms with E-state index >= 15 is 0 Å². The number of anilines is 1. The first-order chi connectivity index (χ1) is 9.98. The summed E-state index contributed by atoms with van der Waals surface area (Å²) in [6.45, 7) is -1.17. The van der Waals surface area contributed by atoms with Crippen molar-refractivity contribution in [3.05, 3.63) is 24.3 Å². The highest BCUT2D eigenvalue weighted by molar-refractivity contribution is 8.56. The number of thiocarbonyl (C=S) groups is 1. The molecule has 0 spiro atoms. The van der Waals surface area contributed by atoms with E-state index in [2.05, 4.69) is 12.2 Å². The third-order valence-electron chi connectivity index (χ3n) is 2.57. The molecule has 0 fully saturated rings. The zero-order chi connectivity index (χ0) is 15.7. The molecule has 1 unspecified atom stereocenters. The average molecular weight is 348 g/mol. The van der Waals surface area contributed by atoms with Crippen molar-refractivity contribution in [2.24, 2.45) is 5.50 Å². The van der Waals surface area contributed by atoms with Crippen molar-refractivity contribution in [2.75, 3.05) is 18.2 Å². The summed E-state index contributed by atoms with van der Waals surface area (Å²) in [4.78, 5) is 0. The lowest BCUT2D eigenvalue weighted by molar-refractivity contribution is 0.416. The maximum absolute atomic E-state index is 12.1. The number of nitrogens with one attached hydrogen (secondary N) is 1. The Balaban J connectivity index is 2.50. The van der Waals surface area contributed by atoms with E-state index in [0.29, 0.717) is 17.2 Å². The Bertz CT molecular complexity index is 514. The summed E-state index contributed by atoms with van der Waals surface area (Å²) in [6.07, 6.45) is 3.14. The number of ether oxygens (including phenoxy) is 1. The Morgan fingerprint density at radius 1 is 1.43 bits per heavy atom. The second-order valence-corrected chi connectivity index (χ2v) is 8.89. The molecule has 1 rings (SSSR count). The van der Waals surface area contributed by atoms with Gasteiger partial charge in [0, 0.05) is 5.75 Å². The summed E-state index contributed by atoms with van der Waals surface area (Å²) in [5.41, 5.74) is 6.30. The van der Waals surface area contributed by atoms with Crippen molar-refractivity contribution < 1.29 is 13.8 Å². The van der Waals surface area contributed by atoms with Gasteiger partial charge in [-0.25, -0.2) is 10.1 Å². The number of nitrogens with two attached hydrogens (primary N) is 1. The van der Waals surface area contributed by atoms with Gasteiger partial charge in [-0.15, -0.1) is 0 Å². The molecule has 0 saturated heterocycles. The molecule has 3 N–H and O–H groups in total. The van der Waals surface area contributed by atoms with Gasteiger partial charge in [-0.3, -0.25) is 0 Å². The molecule has 0 bridgehead atoms. The summed E-state index contributed by atoms with van der Waals surface area (Å²) < 4.78 is 22.5. The molecule has 1 aromatic rings. The van der Waals surface area contributed by atoms with Crippen molar-refractivity contribution in [3.8, 4) is 5.75 Å². The molecule has 1 aromatic carbocycles. The number of methoxy groups -OCH3 is 1. The minimum atomic E-state index is -3.28. The van der Waals surface area contributed by atoms with Crippen LogP contribution in [0.25, 0.3) is 0 Å². The summed E-state index contributed by atoms with van der Waals surface area (Å²) in [7, 11) is 1.56. The van der Waals surface area contributed by atoms with Crippen LogP contribution in [0.15, 0.2) is 24.3 Å². The normalized spacial score (nSPS) is 13.3. The van der Waals surface area contributed by atoms with Gasteiger partial charge in [-0.2, -0.15) is 0 Å². The molecular formula is C13H21N2O3PS2. The van der Waals surface area contributed by atoms with Gasteiger partial charge in [0.15, 0.2) is 0 Å². The van der Waals surface area contributed by atoms with Crippen LogP contribution in [0.4, 0.5) is 5.69 Å². The van der Waals surface area contributed by atoms with Gasteiger partial charge in [0.1, 0.15) is 5.75 Å². The fourth-order valence-corrected chi connectivity index (χ4v) is 4.60. The summed E-state index contributed by atoms with van der Waals surface area (Å²) in [6, 6.07) is 7.23. The van der Waals surface area contributed by atoms with E-state index in [9.17, 15) is 4.57 Å². The molecule has 0 aliphatic carbocycles. The molecule has 0 aromatic heterocycles. The van der Waals surface area contributed by atoms with Crippen LogP contribution >= 0.6 is 30.3 Å². The molecule has 0 saturated carbocycles. The van der Waals surface area contributed by atoms with Gasteiger partial charge in [0.05, 0.1) is 12.8 Å². The molecular weight excluding hydrogens is 327 g/mol. The minimum absolute atomic E-state index is 0.0201. The van der Waals surface area contributed by atoms with Gasteiger partial charge in [-0.05, 0) is 42.2 Å². The lowest BCUT2D eigenvalue weighted by atomic mass is 10.3. The smallest absolute Gasteiger partial charge is 0.373 e. The third-order valence-corrected chi connectivity index (χ3v) is 6.00. The van der Waals surface area contributed by atoms with Gasteiger partial charge in [0.25, 0.3) is 5.17 Å². The van der Waals surface area contributed by atoms with E-state index in [-0.39, 0.29) is 5.17 Å². The van der Waals surface area contributed by atoms with Gasteiger partial charge in [-0.1, -0.05) is 31.9 Å². The molecule has 8 heteroatoms. The summed E-state index contributed by atoms with van der Waals surface area (Å²) in [5.74, 6) is 1.31. The van der Waals surface area contributed by atoms with E-state index in [1.165, 1.54) is 0 Å². The fraction of sp³-hybridized carbons (Fsp3) is 0.462. The van der Waals surface area contributed by atoms with Gasteiger partial charge in [0.2, 0.25) is 0 Å². The monoisotopic (exact) mass is 348 g/mol. The number of rotatable bonds is 8. The van der Waals surface area contributed by atoms with Crippen molar-refractivity contribution in [1.29, 1.82) is 0 Å². The largest absolute Gasteiger partial charge is 0.495 e. The first-order valence-corrected chi connectivity index (χ1v) is 10.3. The van der Waals surface area contributed by atoms with E-state index < -0.39 is 6.72 Å². The Labute approximate surface area is 135 Å². The lowest BCUT2D eigenvalue weighted by Gasteiger charge is -2.16. The van der Waals surface area contributed by atoms with Crippen LogP contribution in [0, 0.1) is 0 Å². The van der Waals surface area contributed by atoms with Crippen LogP contribution in [0.1, 0.15) is 26.2 Å². The maximum Gasteiger partial charge on any atom is 0.373 e. The minimum Gasteiger partial charge on any atom is -0.495 e. The van der Waals surface area contributed by atoms with E-state index in [0.717, 1.165) is 30.6 Å². The topological polar surface area (TPSA) is 73.6 Å². The number of hydrogen-bond donors (Lipinski definition) is 2. The zero-order valence-electron chi connectivity index (χ0n) is 12.2. The van der Waals surface area contributed by atoms with E-state index in [1.807, 2.05) is 12.1 Å². The predicted octanol–water partition coefficient (Wildman–Crippen LogP) is 4.40. The predicted molar refractivity (Wildman–Crippen MR) is 94.1 cm³/mol. The molecule has 0 aliphatic heterocycles. The average Bonchev–Trinajstić information content (AvgIpc) is 2.43. The van der Waals surface area contributed by atoms with Crippen LogP contribution in [0.3, 0.4) is 0 Å². The molecule has 21 heavy (non-hydrogen) atoms. The number of hydrogen-bond acceptors (Lipinski definition) is 5. The lowest BCUT2D eigenvalue weighted by Crippen LogP contribution is -2.14. The van der Waals surface area contributed by atoms with Crippen molar-refractivity contribution >= 4 is 41.2 Å². The highest BCUT2D eigenvalue weighted by atomic mass is 32.7. The standard InChI is InChI=1S/C13H21N2O3PS2/c1-3-4-7-10-21-19(14,16)18-13(20)15-11-8-5-6-9-12(11)17-2/h5-6,8-9H,3-4,7,10H2,1-2H3,(H2,14,16)(H,15,20). The Morgan fingerprint density at radius 2 is 2.14 bits per heavy atom. The highest BCUT2D eigenvalue weighted by Crippen LogP contribution is 2.52. The Hall–Kier alpha value is -0.750. The third kappa shape index (κ3) is 7.18. The molecule has 1 atom stereocenters. The highest BCUT2D eigenvalue weighted by Gasteiger charge is 2.21. The Morgan fingerprint density at radius 3 is 2.81 bits per heavy atom. The summed E-state index contributed by atoms with van der Waals surface area (Å²) >= 11 is 6.16. The van der Waals surface area contributed by atoms with Crippen LogP contribution in [0.2, 0.25) is 0 Å². The van der Waals surface area contributed by atoms with Crippen LogP contribution < -0.4 is 15.6 Å². The molecule has 0 heterocycles. The molecule has 0 amide bonds. The number of benzene rings is 1. The molecule has 118 valence electrons. The first-order valence-electron chi connectivity index (χ1n) is 6.65. The van der Waals surface area contributed by atoms with Crippen LogP contribution in [-0.2, 0) is 9.09 Å². The van der Waals surface area contributed by atoms with Crippen molar-refractivity contribution in [3.63, 3.8) is 0 Å². The molecule has 0 aliphatic rings. The van der Waals surface area contributed by atoms with Gasteiger partial charge < -0.3 is 14.6 Å². The fourth-order valence-electron chi connectivity index (χ4n) is 1.57. The van der Waals surface area contributed by atoms with Crippen LogP contribution in [0.5, 0.6) is 5.75 Å². The summed E-state index contributed by atoms with van der Waals surface area (Å²) in [5, 5.41) is 2.82. The van der Waals surface area contributed by atoms with Crippen LogP contribution in [-0.4, -0.2) is 18.0 Å². The maximum atomic E-state index is 12.1. The Kier molecular flexibility index (Phi) is 8.11. The molecule has 5 nitrogen and oxygen atoms in total. The molecule has 0 radical (unpaired) electrons. The van der Waals surface area contributed by atoms with E-state index in [4.69, 9.17) is 27.0 Å². The van der Waals surface area contributed by atoms with Gasteiger partial charge >= 0.3 is 6.72 Å². The first kappa shape index (κ1) is 18.3.